The van der Waals surface area contributed by atoms with Crippen molar-refractivity contribution in [2.45, 2.75) is 43.6 Å². The van der Waals surface area contributed by atoms with E-state index in [2.05, 4.69) is 5.32 Å². The molecule has 0 aliphatic carbocycles. The minimum absolute atomic E-state index is 0.0602. The number of nitrogens with one attached hydrogen (secondary N) is 1. The normalized spacial score (nSPS) is 16.8. The number of carbonyl (C=O) groups excluding carboxylic acids is 2. The number of carboxylic acids is 1. The minimum Gasteiger partial charge on any atom is -0.481 e. The van der Waals surface area contributed by atoms with Crippen LogP contribution in [0, 0.1) is 0 Å². The second kappa shape index (κ2) is 9.37. The number of aldehydes is 1. The summed E-state index contributed by atoms with van der Waals surface area (Å²) in [6, 6.07) is -1.47. The average Bonchev–Trinajstić information content (AvgIpc) is 2.41. The first-order valence-corrected chi connectivity index (χ1v) is 5.95. The lowest BCUT2D eigenvalue weighted by atomic mass is 10.0. The van der Waals surface area contributed by atoms with Crippen LogP contribution in [0.1, 0.15) is 19.3 Å². The molecule has 116 valence electrons. The smallest absolute Gasteiger partial charge is 0.303 e. The first-order valence-electron chi connectivity index (χ1n) is 5.95. The number of hydrogen-bond donors (Lipinski definition) is 6. The fourth-order valence-electron chi connectivity index (χ4n) is 1.41. The quantitative estimate of drug-likeness (QED) is 0.232. The van der Waals surface area contributed by atoms with E-state index in [1.807, 2.05) is 0 Å². The molecule has 0 aliphatic rings. The highest BCUT2D eigenvalue weighted by atomic mass is 16.4. The lowest BCUT2D eigenvalue weighted by Crippen LogP contribution is -2.53. The Hall–Kier alpha value is -1.55. The maximum Gasteiger partial charge on any atom is 0.303 e. The molecule has 0 saturated heterocycles. The number of aliphatic carboxylic acids is 1. The van der Waals surface area contributed by atoms with E-state index >= 15 is 0 Å². The second-order valence-corrected chi connectivity index (χ2v) is 4.21. The monoisotopic (exact) mass is 293 g/mol. The van der Waals surface area contributed by atoms with E-state index in [-0.39, 0.29) is 25.5 Å². The number of carbonyl (C=O) groups is 3. The molecule has 0 fully saturated rings. The van der Waals surface area contributed by atoms with E-state index in [1.165, 1.54) is 0 Å². The fraction of sp³-hybridized carbons (Fsp3) is 0.727. The van der Waals surface area contributed by atoms with Crippen LogP contribution in [-0.4, -0.2) is 74.7 Å². The third-order valence-electron chi connectivity index (χ3n) is 2.57. The number of aliphatic hydroxyl groups is 4. The first-order chi connectivity index (χ1) is 9.33. The molecule has 0 bridgehead atoms. The molecule has 0 heterocycles. The Morgan fingerprint density at radius 2 is 1.70 bits per heavy atom. The summed E-state index contributed by atoms with van der Waals surface area (Å²) < 4.78 is 0. The zero-order valence-electron chi connectivity index (χ0n) is 10.7. The van der Waals surface area contributed by atoms with Crippen LogP contribution in [0.4, 0.5) is 0 Å². The van der Waals surface area contributed by atoms with E-state index in [4.69, 9.17) is 15.3 Å². The van der Waals surface area contributed by atoms with Gasteiger partial charge in [0.25, 0.3) is 0 Å². The zero-order chi connectivity index (χ0) is 15.7. The Morgan fingerprint density at radius 1 is 1.10 bits per heavy atom. The summed E-state index contributed by atoms with van der Waals surface area (Å²) in [4.78, 5) is 32.4. The number of carboxylic acid groups (broad SMARTS) is 1. The summed E-state index contributed by atoms with van der Waals surface area (Å²) in [7, 11) is 0. The largest absolute Gasteiger partial charge is 0.481 e. The van der Waals surface area contributed by atoms with Gasteiger partial charge in [-0.2, -0.15) is 0 Å². The van der Waals surface area contributed by atoms with Gasteiger partial charge in [-0.05, 0) is 6.42 Å². The molecule has 0 unspecified atom stereocenters. The van der Waals surface area contributed by atoms with Gasteiger partial charge in [-0.1, -0.05) is 0 Å². The standard InChI is InChI=1S/C11H19NO8/c13-4-6(10(19)11(20)7(15)5-14)12-8(16)2-1-3-9(17)18/h4,6-7,10-11,14-15,19-20H,1-3,5H2,(H,12,16)(H,17,18)/t6-,7+,10+,11+/m0/s1. The van der Waals surface area contributed by atoms with E-state index in [1.54, 1.807) is 0 Å². The van der Waals surface area contributed by atoms with E-state index in [9.17, 15) is 24.6 Å². The average molecular weight is 293 g/mol. The minimum atomic E-state index is -1.81. The highest BCUT2D eigenvalue weighted by Crippen LogP contribution is 2.05. The van der Waals surface area contributed by atoms with E-state index < -0.39 is 42.8 Å². The van der Waals surface area contributed by atoms with Crippen molar-refractivity contribution in [3.05, 3.63) is 0 Å². The van der Waals surface area contributed by atoms with Crippen LogP contribution in [0.3, 0.4) is 0 Å². The summed E-state index contributed by atoms with van der Waals surface area (Å²) in [5.41, 5.74) is 0. The number of rotatable bonds is 10. The lowest BCUT2D eigenvalue weighted by Gasteiger charge is -2.26. The molecule has 0 saturated carbocycles. The van der Waals surface area contributed by atoms with Gasteiger partial charge in [0, 0.05) is 12.8 Å². The van der Waals surface area contributed by atoms with Crippen molar-refractivity contribution in [2.24, 2.45) is 0 Å². The van der Waals surface area contributed by atoms with Gasteiger partial charge in [0.2, 0.25) is 5.91 Å². The van der Waals surface area contributed by atoms with Gasteiger partial charge in [0.05, 0.1) is 6.61 Å². The molecular weight excluding hydrogens is 274 g/mol. The van der Waals surface area contributed by atoms with Crippen molar-refractivity contribution in [3.8, 4) is 0 Å². The van der Waals surface area contributed by atoms with Crippen LogP contribution in [0.25, 0.3) is 0 Å². The molecule has 1 amide bonds. The maximum absolute atomic E-state index is 11.4. The third-order valence-corrected chi connectivity index (χ3v) is 2.57. The lowest BCUT2D eigenvalue weighted by molar-refractivity contribution is -0.137. The maximum atomic E-state index is 11.4. The topological polar surface area (TPSA) is 164 Å². The highest BCUT2D eigenvalue weighted by molar-refractivity contribution is 5.80. The second-order valence-electron chi connectivity index (χ2n) is 4.21. The molecule has 20 heavy (non-hydrogen) atoms. The van der Waals surface area contributed by atoms with Gasteiger partial charge in [-0.15, -0.1) is 0 Å². The molecule has 0 rings (SSSR count). The van der Waals surface area contributed by atoms with Crippen LogP contribution in [-0.2, 0) is 14.4 Å². The predicted molar refractivity (Wildman–Crippen MR) is 64.6 cm³/mol. The molecule has 0 radical (unpaired) electrons. The Bertz CT molecular complexity index is 334. The van der Waals surface area contributed by atoms with Gasteiger partial charge in [-0.3, -0.25) is 9.59 Å². The van der Waals surface area contributed by atoms with Crippen LogP contribution >= 0.6 is 0 Å². The fourth-order valence-corrected chi connectivity index (χ4v) is 1.41. The Labute approximate surface area is 114 Å². The number of amides is 1. The van der Waals surface area contributed by atoms with Gasteiger partial charge in [0.1, 0.15) is 30.6 Å². The van der Waals surface area contributed by atoms with Crippen LogP contribution in [0.5, 0.6) is 0 Å². The molecule has 9 nitrogen and oxygen atoms in total. The highest BCUT2D eigenvalue weighted by Gasteiger charge is 2.31. The molecule has 6 N–H and O–H groups in total. The summed E-state index contributed by atoms with van der Waals surface area (Å²) in [6.45, 7) is -0.823. The first kappa shape index (κ1) is 18.4. The molecule has 0 aromatic rings. The molecule has 0 aromatic carbocycles. The van der Waals surface area contributed by atoms with Crippen LogP contribution in [0.2, 0.25) is 0 Å². The van der Waals surface area contributed by atoms with Gasteiger partial charge >= 0.3 is 5.97 Å². The van der Waals surface area contributed by atoms with Crippen LogP contribution < -0.4 is 5.32 Å². The van der Waals surface area contributed by atoms with Crippen molar-refractivity contribution in [2.75, 3.05) is 6.61 Å². The summed E-state index contributed by atoms with van der Waals surface area (Å²) in [5.74, 6) is -1.74. The molecule has 0 aromatic heterocycles. The molecular formula is C11H19NO8. The SMILES string of the molecule is O=C[C@H](NC(=O)CCCC(=O)O)[C@@H](O)[C@H](O)[C@H](O)CO. The van der Waals surface area contributed by atoms with Crippen molar-refractivity contribution < 1.29 is 39.9 Å². The third kappa shape index (κ3) is 6.57. The van der Waals surface area contributed by atoms with Crippen LogP contribution in [0.15, 0.2) is 0 Å². The molecule has 0 spiro atoms. The van der Waals surface area contributed by atoms with Gasteiger partial charge in [0.15, 0.2) is 0 Å². The van der Waals surface area contributed by atoms with E-state index in [0.29, 0.717) is 0 Å². The zero-order valence-corrected chi connectivity index (χ0v) is 10.7. The van der Waals surface area contributed by atoms with Gasteiger partial charge < -0.3 is 35.6 Å². The van der Waals surface area contributed by atoms with E-state index in [0.717, 1.165) is 0 Å². The number of aliphatic hydroxyl groups excluding tert-OH is 4. The summed E-state index contributed by atoms with van der Waals surface area (Å²) >= 11 is 0. The molecule has 9 heteroatoms. The summed E-state index contributed by atoms with van der Waals surface area (Å²) in [6.07, 6.45) is -5.41. The molecule has 4 atom stereocenters. The van der Waals surface area contributed by atoms with Crippen molar-refractivity contribution >= 4 is 18.2 Å². The summed E-state index contributed by atoms with van der Waals surface area (Å²) in [5, 5.41) is 47.2. The van der Waals surface area contributed by atoms with Crippen molar-refractivity contribution in [1.29, 1.82) is 0 Å². The van der Waals surface area contributed by atoms with Crippen molar-refractivity contribution in [3.63, 3.8) is 0 Å². The predicted octanol–water partition coefficient (Wildman–Crippen LogP) is -3.00. The molecule has 0 aliphatic heterocycles. The Balaban J connectivity index is 4.35. The Morgan fingerprint density at radius 3 is 2.15 bits per heavy atom. The van der Waals surface area contributed by atoms with Gasteiger partial charge in [-0.25, -0.2) is 0 Å². The van der Waals surface area contributed by atoms with Crippen molar-refractivity contribution in [1.82, 2.24) is 5.32 Å². The number of hydrogen-bond acceptors (Lipinski definition) is 7. The Kier molecular flexibility index (Phi) is 8.64.